The molecule has 0 aliphatic carbocycles. The minimum atomic E-state index is -0.865. The topological polar surface area (TPSA) is 96.0 Å². The molecule has 0 aliphatic heterocycles. The Labute approximate surface area is 115 Å². The largest absolute Gasteiger partial charge is 0.319 e. The van der Waals surface area contributed by atoms with Crippen molar-refractivity contribution in [2.45, 2.75) is 13.8 Å². The molecule has 1 aromatic rings. The van der Waals surface area contributed by atoms with Crippen LogP contribution < -0.4 is 5.32 Å². The summed E-state index contributed by atoms with van der Waals surface area (Å²) in [6.07, 6.45) is 0. The van der Waals surface area contributed by atoms with E-state index in [4.69, 9.17) is 16.9 Å². The molecule has 1 atom stereocenters. The van der Waals surface area contributed by atoms with E-state index in [1.807, 2.05) is 6.07 Å². The predicted octanol–water partition coefficient (Wildman–Crippen LogP) is 2.98. The first-order valence-electron chi connectivity index (χ1n) is 5.51. The van der Waals surface area contributed by atoms with E-state index < -0.39 is 16.7 Å². The number of nitro benzene ring substituents is 1. The van der Waals surface area contributed by atoms with Crippen LogP contribution in [-0.4, -0.2) is 10.8 Å². The van der Waals surface area contributed by atoms with Crippen molar-refractivity contribution in [2.75, 3.05) is 5.32 Å². The van der Waals surface area contributed by atoms with E-state index in [0.717, 1.165) is 6.07 Å². The second kappa shape index (κ2) is 6.16. The standard InChI is InChI=1S/C12H12ClN3O3/c1-7(2)9(6-14)12(17)15-10-4-3-8(13)5-11(10)16(18)19/h3-5,7,9H,1-2H3,(H,15,17). The van der Waals surface area contributed by atoms with Gasteiger partial charge in [-0.3, -0.25) is 14.9 Å². The summed E-state index contributed by atoms with van der Waals surface area (Å²) in [5, 5.41) is 22.4. The second-order valence-electron chi connectivity index (χ2n) is 4.26. The fraction of sp³-hybridized carbons (Fsp3) is 0.333. The molecule has 0 heterocycles. The van der Waals surface area contributed by atoms with Gasteiger partial charge in [-0.05, 0) is 18.1 Å². The number of amides is 1. The van der Waals surface area contributed by atoms with Crippen LogP contribution in [0.2, 0.25) is 5.02 Å². The maximum atomic E-state index is 11.9. The van der Waals surface area contributed by atoms with Crippen molar-refractivity contribution in [1.82, 2.24) is 0 Å². The number of nitriles is 1. The van der Waals surface area contributed by atoms with Crippen LogP contribution in [0.1, 0.15) is 13.8 Å². The van der Waals surface area contributed by atoms with Crippen LogP contribution in [0.4, 0.5) is 11.4 Å². The molecule has 19 heavy (non-hydrogen) atoms. The van der Waals surface area contributed by atoms with E-state index >= 15 is 0 Å². The maximum Gasteiger partial charge on any atom is 0.294 e. The molecular weight excluding hydrogens is 270 g/mol. The normalized spacial score (nSPS) is 11.7. The van der Waals surface area contributed by atoms with E-state index in [1.54, 1.807) is 13.8 Å². The molecular formula is C12H12ClN3O3. The summed E-state index contributed by atoms with van der Waals surface area (Å²) in [5.41, 5.74) is -0.276. The zero-order chi connectivity index (χ0) is 14.6. The van der Waals surface area contributed by atoms with E-state index in [2.05, 4.69) is 5.32 Å². The Kier molecular flexibility index (Phi) is 4.84. The average Bonchev–Trinajstić information content (AvgIpc) is 2.31. The molecule has 0 radical (unpaired) electrons. The molecule has 1 amide bonds. The van der Waals surface area contributed by atoms with Crippen LogP contribution in [0.5, 0.6) is 0 Å². The van der Waals surface area contributed by atoms with Gasteiger partial charge >= 0.3 is 0 Å². The molecule has 0 saturated carbocycles. The van der Waals surface area contributed by atoms with Gasteiger partial charge in [0.1, 0.15) is 11.6 Å². The second-order valence-corrected chi connectivity index (χ2v) is 4.70. The smallest absolute Gasteiger partial charge is 0.294 e. The third-order valence-corrected chi connectivity index (χ3v) is 2.74. The molecule has 0 aliphatic rings. The zero-order valence-corrected chi connectivity index (χ0v) is 11.1. The Morgan fingerprint density at radius 1 is 1.53 bits per heavy atom. The number of benzene rings is 1. The maximum absolute atomic E-state index is 11.9. The minimum absolute atomic E-state index is 0.0281. The van der Waals surface area contributed by atoms with Gasteiger partial charge in [-0.2, -0.15) is 5.26 Å². The van der Waals surface area contributed by atoms with Crippen molar-refractivity contribution in [3.8, 4) is 6.07 Å². The Morgan fingerprint density at radius 3 is 2.63 bits per heavy atom. The Hall–Kier alpha value is -2.13. The number of carbonyl (C=O) groups excluding carboxylic acids is 1. The number of rotatable bonds is 4. The highest BCUT2D eigenvalue weighted by Crippen LogP contribution is 2.28. The van der Waals surface area contributed by atoms with Crippen molar-refractivity contribution < 1.29 is 9.72 Å². The fourth-order valence-electron chi connectivity index (χ4n) is 1.48. The number of nitro groups is 1. The highest BCUT2D eigenvalue weighted by molar-refractivity contribution is 6.31. The molecule has 0 bridgehead atoms. The monoisotopic (exact) mass is 281 g/mol. The molecule has 0 spiro atoms. The number of hydrogen-bond donors (Lipinski definition) is 1. The van der Waals surface area contributed by atoms with E-state index in [1.165, 1.54) is 12.1 Å². The summed E-state index contributed by atoms with van der Waals surface area (Å²) in [4.78, 5) is 22.1. The lowest BCUT2D eigenvalue weighted by Crippen LogP contribution is -2.25. The molecule has 0 saturated heterocycles. The molecule has 6 nitrogen and oxygen atoms in total. The SMILES string of the molecule is CC(C)C(C#N)C(=O)Nc1ccc(Cl)cc1[N+](=O)[O-]. The Balaban J connectivity index is 3.03. The average molecular weight is 282 g/mol. The van der Waals surface area contributed by atoms with Crippen LogP contribution in [0, 0.1) is 33.3 Å². The van der Waals surface area contributed by atoms with Crippen molar-refractivity contribution >= 4 is 28.9 Å². The van der Waals surface area contributed by atoms with E-state index in [-0.39, 0.29) is 22.3 Å². The zero-order valence-electron chi connectivity index (χ0n) is 10.4. The van der Waals surface area contributed by atoms with Crippen molar-refractivity contribution in [2.24, 2.45) is 11.8 Å². The molecule has 1 rings (SSSR count). The first-order valence-corrected chi connectivity index (χ1v) is 5.89. The molecule has 1 aromatic carbocycles. The van der Waals surface area contributed by atoms with Gasteiger partial charge in [0.2, 0.25) is 5.91 Å². The summed E-state index contributed by atoms with van der Waals surface area (Å²) in [6, 6.07) is 5.79. The lowest BCUT2D eigenvalue weighted by Gasteiger charge is -2.13. The molecule has 0 aromatic heterocycles. The molecule has 100 valence electrons. The Morgan fingerprint density at radius 2 is 2.16 bits per heavy atom. The number of hydrogen-bond acceptors (Lipinski definition) is 4. The number of carbonyl (C=O) groups is 1. The molecule has 0 fully saturated rings. The van der Waals surface area contributed by atoms with Crippen LogP contribution >= 0.6 is 11.6 Å². The lowest BCUT2D eigenvalue weighted by molar-refractivity contribution is -0.383. The van der Waals surface area contributed by atoms with Gasteiger partial charge in [0.05, 0.1) is 11.0 Å². The summed E-state index contributed by atoms with van der Waals surface area (Å²) >= 11 is 5.67. The van der Waals surface area contributed by atoms with E-state index in [0.29, 0.717) is 0 Å². The van der Waals surface area contributed by atoms with Crippen molar-refractivity contribution in [1.29, 1.82) is 5.26 Å². The number of anilines is 1. The van der Waals surface area contributed by atoms with Gasteiger partial charge in [-0.25, -0.2) is 0 Å². The molecule has 1 N–H and O–H groups in total. The van der Waals surface area contributed by atoms with Gasteiger partial charge in [0.15, 0.2) is 0 Å². The first-order chi connectivity index (χ1) is 8.86. The highest BCUT2D eigenvalue weighted by Gasteiger charge is 2.24. The van der Waals surface area contributed by atoms with Crippen molar-refractivity contribution in [3.05, 3.63) is 33.3 Å². The molecule has 7 heteroatoms. The van der Waals surface area contributed by atoms with Gasteiger partial charge in [-0.15, -0.1) is 0 Å². The first kappa shape index (κ1) is 14.9. The minimum Gasteiger partial charge on any atom is -0.319 e. The van der Waals surface area contributed by atoms with Crippen LogP contribution in [0.15, 0.2) is 18.2 Å². The third kappa shape index (κ3) is 3.66. The third-order valence-electron chi connectivity index (χ3n) is 2.50. The lowest BCUT2D eigenvalue weighted by atomic mass is 9.96. The predicted molar refractivity (Wildman–Crippen MR) is 70.7 cm³/mol. The van der Waals surface area contributed by atoms with Gasteiger partial charge in [0, 0.05) is 11.1 Å². The van der Waals surface area contributed by atoms with Gasteiger partial charge in [-0.1, -0.05) is 25.4 Å². The summed E-state index contributed by atoms with van der Waals surface area (Å²) in [5.74, 6) is -1.62. The quantitative estimate of drug-likeness (QED) is 0.678. The summed E-state index contributed by atoms with van der Waals surface area (Å²) in [6.45, 7) is 3.45. The van der Waals surface area contributed by atoms with Gasteiger partial charge < -0.3 is 5.32 Å². The van der Waals surface area contributed by atoms with Crippen molar-refractivity contribution in [3.63, 3.8) is 0 Å². The van der Waals surface area contributed by atoms with Crippen LogP contribution in [0.25, 0.3) is 0 Å². The number of nitrogens with one attached hydrogen (secondary N) is 1. The van der Waals surface area contributed by atoms with Gasteiger partial charge in [0.25, 0.3) is 5.69 Å². The summed E-state index contributed by atoms with van der Waals surface area (Å²) < 4.78 is 0. The fourth-order valence-corrected chi connectivity index (χ4v) is 1.65. The Bertz CT molecular complexity index is 552. The number of halogens is 1. The van der Waals surface area contributed by atoms with E-state index in [9.17, 15) is 14.9 Å². The highest BCUT2D eigenvalue weighted by atomic mass is 35.5. The number of nitrogens with zero attached hydrogens (tertiary/aromatic N) is 2. The van der Waals surface area contributed by atoms with Crippen LogP contribution in [0.3, 0.4) is 0 Å². The van der Waals surface area contributed by atoms with Crippen LogP contribution in [-0.2, 0) is 4.79 Å². The molecule has 1 unspecified atom stereocenters. The summed E-state index contributed by atoms with van der Waals surface area (Å²) in [7, 11) is 0.